The third-order valence-electron chi connectivity index (χ3n) is 5.09. The molecule has 5 heteroatoms. The molecule has 0 spiro atoms. The number of ether oxygens (including phenoxy) is 1. The Labute approximate surface area is 163 Å². The molecule has 28 heavy (non-hydrogen) atoms. The van der Waals surface area contributed by atoms with Crippen molar-refractivity contribution in [3.8, 4) is 5.75 Å². The monoisotopic (exact) mass is 374 g/mol. The molecule has 2 aromatic heterocycles. The zero-order valence-electron chi connectivity index (χ0n) is 15.9. The van der Waals surface area contributed by atoms with Crippen LogP contribution in [0, 0.1) is 6.92 Å². The van der Waals surface area contributed by atoms with Crippen LogP contribution in [0.15, 0.2) is 71.5 Å². The summed E-state index contributed by atoms with van der Waals surface area (Å²) in [6.07, 6.45) is 3.56. The first-order valence-electron chi connectivity index (χ1n) is 9.19. The van der Waals surface area contributed by atoms with E-state index in [1.807, 2.05) is 42.6 Å². The summed E-state index contributed by atoms with van der Waals surface area (Å²) in [5.41, 5.74) is 3.89. The Kier molecular flexibility index (Phi) is 4.89. The van der Waals surface area contributed by atoms with Gasteiger partial charge in [-0.2, -0.15) is 0 Å². The molecule has 0 aliphatic heterocycles. The maximum atomic E-state index is 12.6. The van der Waals surface area contributed by atoms with Gasteiger partial charge in [0.2, 0.25) is 0 Å². The van der Waals surface area contributed by atoms with E-state index in [4.69, 9.17) is 9.15 Å². The molecule has 2 heterocycles. The average molecular weight is 374 g/mol. The number of nitrogens with one attached hydrogen (secondary N) is 2. The predicted octanol–water partition coefficient (Wildman–Crippen LogP) is 4.64. The smallest absolute Gasteiger partial charge is 0.254 e. The Morgan fingerprint density at radius 2 is 1.93 bits per heavy atom. The van der Waals surface area contributed by atoms with Crippen LogP contribution in [-0.4, -0.2) is 24.5 Å². The van der Waals surface area contributed by atoms with Gasteiger partial charge in [0.15, 0.2) is 0 Å². The van der Waals surface area contributed by atoms with Gasteiger partial charge in [0.05, 0.1) is 18.9 Å². The number of carbonyl (C=O) groups excluding carboxylic acids is 1. The molecular formula is C23H22N2O3. The van der Waals surface area contributed by atoms with Crippen LogP contribution in [0.2, 0.25) is 0 Å². The molecule has 5 nitrogen and oxygen atoms in total. The lowest BCUT2D eigenvalue weighted by Gasteiger charge is -2.18. The molecule has 0 unspecified atom stereocenters. The van der Waals surface area contributed by atoms with Gasteiger partial charge in [-0.1, -0.05) is 30.3 Å². The fourth-order valence-corrected chi connectivity index (χ4v) is 3.54. The lowest BCUT2D eigenvalue weighted by molar-refractivity contribution is 0.0951. The molecule has 0 aliphatic rings. The first-order chi connectivity index (χ1) is 13.7. The summed E-state index contributed by atoms with van der Waals surface area (Å²) in [4.78, 5) is 15.9. The lowest BCUT2D eigenvalue weighted by atomic mass is 9.90. The number of carbonyl (C=O) groups is 1. The predicted molar refractivity (Wildman–Crippen MR) is 109 cm³/mol. The summed E-state index contributed by atoms with van der Waals surface area (Å²) in [6.45, 7) is 2.26. The van der Waals surface area contributed by atoms with Gasteiger partial charge in [0.25, 0.3) is 5.91 Å². The average Bonchev–Trinajstić information content (AvgIpc) is 3.35. The van der Waals surface area contributed by atoms with Crippen LogP contribution in [-0.2, 0) is 0 Å². The molecule has 4 aromatic rings. The lowest BCUT2D eigenvalue weighted by Crippen LogP contribution is -2.29. The summed E-state index contributed by atoms with van der Waals surface area (Å²) < 4.78 is 10.5. The van der Waals surface area contributed by atoms with E-state index in [-0.39, 0.29) is 11.8 Å². The fraction of sp³-hybridized carbons (Fsp3) is 0.174. The maximum Gasteiger partial charge on any atom is 0.254 e. The number of rotatable bonds is 6. The van der Waals surface area contributed by atoms with Gasteiger partial charge < -0.3 is 19.5 Å². The van der Waals surface area contributed by atoms with E-state index >= 15 is 0 Å². The summed E-state index contributed by atoms with van der Waals surface area (Å²) >= 11 is 0. The van der Waals surface area contributed by atoms with Crippen LogP contribution in [0.1, 0.15) is 33.2 Å². The topological polar surface area (TPSA) is 67.3 Å². The number of benzene rings is 2. The highest BCUT2D eigenvalue weighted by atomic mass is 16.5. The van der Waals surface area contributed by atoms with E-state index in [9.17, 15) is 4.79 Å². The van der Waals surface area contributed by atoms with Crippen LogP contribution < -0.4 is 10.1 Å². The van der Waals surface area contributed by atoms with E-state index in [1.54, 1.807) is 20.1 Å². The van der Waals surface area contributed by atoms with Crippen molar-refractivity contribution in [2.24, 2.45) is 0 Å². The quantitative estimate of drug-likeness (QED) is 0.517. The highest BCUT2D eigenvalue weighted by Crippen LogP contribution is 2.31. The molecule has 0 saturated carbocycles. The molecule has 4 rings (SSSR count). The highest BCUT2D eigenvalue weighted by molar-refractivity contribution is 5.95. The van der Waals surface area contributed by atoms with Crippen LogP contribution in [0.5, 0.6) is 5.75 Å². The summed E-state index contributed by atoms with van der Waals surface area (Å²) in [5, 5.41) is 4.21. The van der Waals surface area contributed by atoms with Gasteiger partial charge >= 0.3 is 0 Å². The zero-order valence-corrected chi connectivity index (χ0v) is 15.9. The van der Waals surface area contributed by atoms with Crippen LogP contribution in [0.3, 0.4) is 0 Å². The number of methoxy groups -OCH3 is 1. The standard InChI is InChI=1S/C23H22N2O3/c1-15-18(11-12-28-15)23(26)25-13-20(16-7-9-17(27-2)10-8-16)21-14-24-22-6-4-3-5-19(21)22/h3-12,14,20,24H,13H2,1-2H3,(H,25,26)/t20-/m0/s1. The molecule has 2 aromatic carbocycles. The minimum atomic E-state index is -0.135. The fourth-order valence-electron chi connectivity index (χ4n) is 3.54. The second kappa shape index (κ2) is 7.64. The summed E-state index contributed by atoms with van der Waals surface area (Å²) in [6, 6.07) is 17.8. The molecule has 2 N–H and O–H groups in total. The second-order valence-corrected chi connectivity index (χ2v) is 6.72. The van der Waals surface area contributed by atoms with Gasteiger partial charge in [-0.3, -0.25) is 4.79 Å². The Bertz CT molecular complexity index is 1090. The molecule has 0 radical (unpaired) electrons. The molecule has 1 atom stereocenters. The van der Waals surface area contributed by atoms with Gasteiger partial charge in [0, 0.05) is 29.6 Å². The number of H-pyrrole nitrogens is 1. The Balaban J connectivity index is 1.67. The Hall–Kier alpha value is -3.47. The van der Waals surface area contributed by atoms with Gasteiger partial charge in [-0.05, 0) is 42.3 Å². The van der Waals surface area contributed by atoms with E-state index in [0.29, 0.717) is 17.9 Å². The summed E-state index contributed by atoms with van der Waals surface area (Å²) in [7, 11) is 1.65. The number of aryl methyl sites for hydroxylation is 1. The number of amides is 1. The van der Waals surface area contributed by atoms with Crippen molar-refractivity contribution >= 4 is 16.8 Å². The molecule has 0 saturated heterocycles. The molecule has 0 bridgehead atoms. The number of para-hydroxylation sites is 1. The van der Waals surface area contributed by atoms with E-state index in [1.165, 1.54) is 6.26 Å². The Morgan fingerprint density at radius 1 is 1.14 bits per heavy atom. The molecule has 142 valence electrons. The third-order valence-corrected chi connectivity index (χ3v) is 5.09. The van der Waals surface area contributed by atoms with Crippen molar-refractivity contribution in [1.29, 1.82) is 0 Å². The molecular weight excluding hydrogens is 352 g/mol. The van der Waals surface area contributed by atoms with Gasteiger partial charge in [-0.25, -0.2) is 0 Å². The normalized spacial score (nSPS) is 12.1. The van der Waals surface area contributed by atoms with Crippen molar-refractivity contribution in [1.82, 2.24) is 10.3 Å². The van der Waals surface area contributed by atoms with E-state index < -0.39 is 0 Å². The second-order valence-electron chi connectivity index (χ2n) is 6.72. The van der Waals surface area contributed by atoms with Crippen LogP contribution in [0.4, 0.5) is 0 Å². The van der Waals surface area contributed by atoms with Crippen LogP contribution >= 0.6 is 0 Å². The number of aromatic nitrogens is 1. The first-order valence-corrected chi connectivity index (χ1v) is 9.19. The minimum absolute atomic E-state index is 0.00165. The Morgan fingerprint density at radius 3 is 2.64 bits per heavy atom. The van der Waals surface area contributed by atoms with Gasteiger partial charge in [0.1, 0.15) is 11.5 Å². The van der Waals surface area contributed by atoms with Gasteiger partial charge in [-0.15, -0.1) is 0 Å². The van der Waals surface area contributed by atoms with Crippen molar-refractivity contribution in [3.05, 3.63) is 89.5 Å². The van der Waals surface area contributed by atoms with Crippen LogP contribution in [0.25, 0.3) is 10.9 Å². The highest BCUT2D eigenvalue weighted by Gasteiger charge is 2.20. The third kappa shape index (κ3) is 3.39. The van der Waals surface area contributed by atoms with Crippen molar-refractivity contribution in [3.63, 3.8) is 0 Å². The van der Waals surface area contributed by atoms with Crippen molar-refractivity contribution < 1.29 is 13.9 Å². The maximum absolute atomic E-state index is 12.6. The number of aromatic amines is 1. The molecule has 1 amide bonds. The number of hydrogen-bond acceptors (Lipinski definition) is 3. The SMILES string of the molecule is COc1ccc([C@H](CNC(=O)c2ccoc2C)c2c[nH]c3ccccc23)cc1. The van der Waals surface area contributed by atoms with E-state index in [0.717, 1.165) is 27.8 Å². The number of furan rings is 1. The number of fused-ring (bicyclic) bond motifs is 1. The minimum Gasteiger partial charge on any atom is -0.497 e. The largest absolute Gasteiger partial charge is 0.497 e. The first kappa shape index (κ1) is 17.9. The van der Waals surface area contributed by atoms with Crippen molar-refractivity contribution in [2.45, 2.75) is 12.8 Å². The summed E-state index contributed by atoms with van der Waals surface area (Å²) in [5.74, 6) is 1.29. The molecule has 0 aliphatic carbocycles. The van der Waals surface area contributed by atoms with Crippen molar-refractivity contribution in [2.75, 3.05) is 13.7 Å². The molecule has 0 fully saturated rings. The van der Waals surface area contributed by atoms with E-state index in [2.05, 4.69) is 22.4 Å². The number of hydrogen-bond donors (Lipinski definition) is 2. The zero-order chi connectivity index (χ0) is 19.5.